The van der Waals surface area contributed by atoms with Gasteiger partial charge in [-0.15, -0.1) is 0 Å². The van der Waals surface area contributed by atoms with Crippen molar-refractivity contribution in [3.8, 4) is 22.3 Å². The first-order valence-corrected chi connectivity index (χ1v) is 6.53. The highest BCUT2D eigenvalue weighted by molar-refractivity contribution is 5.72. The number of hydrogen-bond donors (Lipinski definition) is 0. The molecule has 0 fully saturated rings. The molecule has 0 unspecified atom stereocenters. The van der Waals surface area contributed by atoms with Crippen LogP contribution in [0.2, 0.25) is 0 Å². The maximum Gasteiger partial charge on any atom is 0.220 e. The summed E-state index contributed by atoms with van der Waals surface area (Å²) in [5.41, 5.74) is -0.811. The minimum atomic E-state index is -1.25. The van der Waals surface area contributed by atoms with Crippen LogP contribution in [0, 0.1) is 29.2 Å². The van der Waals surface area contributed by atoms with Gasteiger partial charge in [0.25, 0.3) is 0 Å². The molecule has 0 saturated carbocycles. The number of benzene rings is 2. The van der Waals surface area contributed by atoms with Crippen molar-refractivity contribution in [2.24, 2.45) is 0 Å². The van der Waals surface area contributed by atoms with E-state index in [0.29, 0.717) is 0 Å². The number of rotatable bonds is 2. The second kappa shape index (κ2) is 5.79. The summed E-state index contributed by atoms with van der Waals surface area (Å²) in [6.07, 6.45) is 0.994. The Balaban J connectivity index is 2.21. The van der Waals surface area contributed by atoms with E-state index in [-0.39, 0.29) is 22.3 Å². The van der Waals surface area contributed by atoms with E-state index in [0.717, 1.165) is 24.4 Å². The average molecular weight is 321 g/mol. The minimum Gasteiger partial charge on any atom is -0.227 e. The first kappa shape index (κ1) is 15.1. The summed E-state index contributed by atoms with van der Waals surface area (Å²) in [6.45, 7) is 0. The van der Waals surface area contributed by atoms with E-state index >= 15 is 0 Å². The zero-order chi connectivity index (χ0) is 16.6. The van der Waals surface area contributed by atoms with Gasteiger partial charge in [-0.3, -0.25) is 0 Å². The van der Waals surface area contributed by atoms with Gasteiger partial charge >= 0.3 is 0 Å². The fourth-order valence-electron chi connectivity index (χ4n) is 2.22. The predicted molar refractivity (Wildman–Crippen MR) is 74.9 cm³/mol. The molecule has 0 aliphatic heterocycles. The third-order valence-electron chi connectivity index (χ3n) is 3.34. The van der Waals surface area contributed by atoms with Gasteiger partial charge in [-0.25, -0.2) is 22.5 Å². The van der Waals surface area contributed by atoms with E-state index in [1.165, 1.54) is 24.3 Å². The molecule has 116 valence electrons. The molecule has 0 aliphatic carbocycles. The van der Waals surface area contributed by atoms with E-state index in [1.54, 1.807) is 0 Å². The molecule has 0 saturated heterocycles. The van der Waals surface area contributed by atoms with Crippen molar-refractivity contribution in [1.29, 1.82) is 0 Å². The Kier molecular flexibility index (Phi) is 3.82. The van der Waals surface area contributed by atoms with Crippen molar-refractivity contribution in [2.45, 2.75) is 0 Å². The van der Waals surface area contributed by atoms with E-state index < -0.39 is 29.2 Å². The molecule has 0 amide bonds. The molecule has 1 nitrogen and oxygen atoms in total. The Morgan fingerprint density at radius 1 is 0.652 bits per heavy atom. The molecule has 0 radical (unpaired) electrons. The van der Waals surface area contributed by atoms with Gasteiger partial charge in [0, 0.05) is 28.5 Å². The number of nitrogens with zero attached hydrogens (tertiary/aromatic N) is 1. The summed E-state index contributed by atoms with van der Waals surface area (Å²) < 4.78 is 68.2. The lowest BCUT2D eigenvalue weighted by atomic mass is 10.0. The third kappa shape index (κ3) is 2.67. The molecule has 3 rings (SSSR count). The number of aromatic nitrogens is 1. The molecule has 23 heavy (non-hydrogen) atoms. The van der Waals surface area contributed by atoms with Gasteiger partial charge < -0.3 is 0 Å². The van der Waals surface area contributed by atoms with Crippen LogP contribution in [0.3, 0.4) is 0 Å². The summed E-state index contributed by atoms with van der Waals surface area (Å²) in [5, 5.41) is 0. The van der Waals surface area contributed by atoms with Crippen LogP contribution >= 0.6 is 0 Å². The quantitative estimate of drug-likeness (QED) is 0.472. The van der Waals surface area contributed by atoms with Gasteiger partial charge in [0.1, 0.15) is 0 Å². The highest BCUT2D eigenvalue weighted by Crippen LogP contribution is 2.31. The summed E-state index contributed by atoms with van der Waals surface area (Å²) in [7, 11) is 0. The standard InChI is InChI=1S/C17H8F5N/c18-13-5-1-3-10(15(13)20)9-7-12(17(22)23-8-9)11-4-2-6-14(19)16(11)21/h1-8H. The Hall–Kier alpha value is -2.76. The van der Waals surface area contributed by atoms with Crippen LogP contribution in [0.1, 0.15) is 0 Å². The molecule has 2 aromatic carbocycles. The van der Waals surface area contributed by atoms with Gasteiger partial charge in [0.15, 0.2) is 23.3 Å². The zero-order valence-electron chi connectivity index (χ0n) is 11.5. The summed E-state index contributed by atoms with van der Waals surface area (Å²) >= 11 is 0. The van der Waals surface area contributed by atoms with Crippen molar-refractivity contribution in [3.63, 3.8) is 0 Å². The lowest BCUT2D eigenvalue weighted by Crippen LogP contribution is -1.96. The molecular formula is C17H8F5N. The molecular weight excluding hydrogens is 313 g/mol. The predicted octanol–water partition coefficient (Wildman–Crippen LogP) is 5.11. The van der Waals surface area contributed by atoms with Crippen molar-refractivity contribution in [1.82, 2.24) is 4.98 Å². The maximum absolute atomic E-state index is 13.9. The topological polar surface area (TPSA) is 12.9 Å². The average Bonchev–Trinajstić information content (AvgIpc) is 2.54. The molecule has 1 heterocycles. The normalized spacial score (nSPS) is 10.8. The molecule has 0 atom stereocenters. The molecule has 3 aromatic rings. The summed E-state index contributed by atoms with van der Waals surface area (Å²) in [6, 6.07) is 7.85. The van der Waals surface area contributed by atoms with Crippen molar-refractivity contribution in [3.05, 3.63) is 77.9 Å². The van der Waals surface area contributed by atoms with E-state index in [2.05, 4.69) is 4.98 Å². The van der Waals surface area contributed by atoms with E-state index in [9.17, 15) is 22.0 Å². The highest BCUT2D eigenvalue weighted by atomic mass is 19.2. The Morgan fingerprint density at radius 3 is 1.87 bits per heavy atom. The fourth-order valence-corrected chi connectivity index (χ4v) is 2.22. The highest BCUT2D eigenvalue weighted by Gasteiger charge is 2.17. The molecule has 0 N–H and O–H groups in total. The Morgan fingerprint density at radius 2 is 1.22 bits per heavy atom. The Labute approximate surface area is 128 Å². The fraction of sp³-hybridized carbons (Fsp3) is 0. The molecule has 0 aliphatic rings. The number of halogens is 5. The van der Waals surface area contributed by atoms with Crippen molar-refractivity contribution in [2.75, 3.05) is 0 Å². The monoisotopic (exact) mass is 321 g/mol. The van der Waals surface area contributed by atoms with Crippen LogP contribution in [0.4, 0.5) is 22.0 Å². The van der Waals surface area contributed by atoms with Crippen LogP contribution in [0.25, 0.3) is 22.3 Å². The van der Waals surface area contributed by atoms with Crippen molar-refractivity contribution < 1.29 is 22.0 Å². The van der Waals surface area contributed by atoms with Gasteiger partial charge in [0.2, 0.25) is 5.95 Å². The smallest absolute Gasteiger partial charge is 0.220 e. The van der Waals surface area contributed by atoms with Crippen LogP contribution < -0.4 is 0 Å². The minimum absolute atomic E-state index is 0.0436. The van der Waals surface area contributed by atoms with Crippen LogP contribution in [0.15, 0.2) is 48.7 Å². The largest absolute Gasteiger partial charge is 0.227 e. The van der Waals surface area contributed by atoms with E-state index in [1.807, 2.05) is 0 Å². The van der Waals surface area contributed by atoms with Gasteiger partial charge in [0.05, 0.1) is 0 Å². The lowest BCUT2D eigenvalue weighted by Gasteiger charge is -2.09. The zero-order valence-corrected chi connectivity index (χ0v) is 11.5. The second-order valence-corrected chi connectivity index (χ2v) is 4.77. The number of hydrogen-bond acceptors (Lipinski definition) is 1. The van der Waals surface area contributed by atoms with Crippen molar-refractivity contribution >= 4 is 0 Å². The number of pyridine rings is 1. The van der Waals surface area contributed by atoms with Gasteiger partial charge in [-0.05, 0) is 18.2 Å². The summed E-state index contributed by atoms with van der Waals surface area (Å²) in [4.78, 5) is 3.43. The van der Waals surface area contributed by atoms with Gasteiger partial charge in [-0.2, -0.15) is 4.39 Å². The van der Waals surface area contributed by atoms with Crippen LogP contribution in [-0.2, 0) is 0 Å². The molecule has 6 heteroatoms. The lowest BCUT2D eigenvalue weighted by molar-refractivity contribution is 0.509. The summed E-state index contributed by atoms with van der Waals surface area (Å²) in [5.74, 6) is -5.65. The first-order valence-electron chi connectivity index (χ1n) is 6.53. The maximum atomic E-state index is 13.9. The molecule has 1 aromatic heterocycles. The van der Waals surface area contributed by atoms with Crippen LogP contribution in [-0.4, -0.2) is 4.98 Å². The molecule has 0 bridgehead atoms. The van der Waals surface area contributed by atoms with E-state index in [4.69, 9.17) is 0 Å². The SMILES string of the molecule is Fc1cccc(-c2cnc(F)c(-c3cccc(F)c3F)c2)c1F. The third-order valence-corrected chi connectivity index (χ3v) is 3.34. The Bertz CT molecular complexity index is 892. The van der Waals surface area contributed by atoms with Gasteiger partial charge in [-0.1, -0.05) is 24.3 Å². The van der Waals surface area contributed by atoms with Crippen LogP contribution in [0.5, 0.6) is 0 Å². The second-order valence-electron chi connectivity index (χ2n) is 4.77. The molecule has 0 spiro atoms. The first-order chi connectivity index (χ1) is 11.0.